The quantitative estimate of drug-likeness (QED) is 0.596. The summed E-state index contributed by atoms with van der Waals surface area (Å²) in [6.45, 7) is 7.52. The summed E-state index contributed by atoms with van der Waals surface area (Å²) in [4.78, 5) is 7.50. The molecule has 1 aromatic rings. The number of hydrogen-bond acceptors (Lipinski definition) is 6. The van der Waals surface area contributed by atoms with Crippen molar-refractivity contribution in [3.63, 3.8) is 0 Å². The van der Waals surface area contributed by atoms with Gasteiger partial charge in [0, 0.05) is 70.1 Å². The average Bonchev–Trinajstić information content (AvgIpc) is 2.63. The summed E-state index contributed by atoms with van der Waals surface area (Å²) in [5.41, 5.74) is 7.78. The van der Waals surface area contributed by atoms with Crippen molar-refractivity contribution in [3.05, 3.63) is 18.2 Å². The molecule has 0 bridgehead atoms. The van der Waals surface area contributed by atoms with Crippen molar-refractivity contribution in [2.75, 3.05) is 70.2 Å². The van der Waals surface area contributed by atoms with Gasteiger partial charge < -0.3 is 25.4 Å². The van der Waals surface area contributed by atoms with Crippen molar-refractivity contribution in [1.29, 1.82) is 0 Å². The number of aliphatic hydroxyl groups is 1. The fourth-order valence-electron chi connectivity index (χ4n) is 3.81. The summed E-state index contributed by atoms with van der Waals surface area (Å²) in [6, 6.07) is 6.62. The van der Waals surface area contributed by atoms with Crippen LogP contribution in [0.1, 0.15) is 19.3 Å². The van der Waals surface area contributed by atoms with Crippen LogP contribution in [0.15, 0.2) is 18.2 Å². The van der Waals surface area contributed by atoms with Crippen LogP contribution in [0.5, 0.6) is 5.75 Å². The number of piperazine rings is 1. The Kier molecular flexibility index (Phi) is 6.39. The maximum atomic E-state index is 8.96. The van der Waals surface area contributed by atoms with Gasteiger partial charge in [0.05, 0.1) is 12.3 Å². The highest BCUT2D eigenvalue weighted by Gasteiger charge is 2.27. The van der Waals surface area contributed by atoms with E-state index in [4.69, 9.17) is 15.6 Å². The Labute approximate surface area is 151 Å². The molecule has 2 saturated heterocycles. The number of rotatable bonds is 6. The standard InChI is InChI=1S/C19H32N4O2/c1-21-9-11-22(12-10-21)17-5-7-23(8-6-17)18-4-3-16(20)15-19(18)25-14-2-13-24/h3-4,15,17,24H,2,5-14,20H2,1H3. The molecule has 0 amide bonds. The van der Waals surface area contributed by atoms with Crippen LogP contribution < -0.4 is 15.4 Å². The SMILES string of the molecule is CN1CCN(C2CCN(c3ccc(N)cc3OCCCO)CC2)CC1. The predicted molar refractivity (Wildman–Crippen MR) is 102 cm³/mol. The molecular formula is C19H32N4O2. The molecular weight excluding hydrogens is 316 g/mol. The van der Waals surface area contributed by atoms with Gasteiger partial charge >= 0.3 is 0 Å². The second-order valence-electron chi connectivity index (χ2n) is 7.21. The molecule has 0 aromatic heterocycles. The molecule has 0 unspecified atom stereocenters. The molecule has 2 fully saturated rings. The lowest BCUT2D eigenvalue weighted by molar-refractivity contribution is 0.0981. The van der Waals surface area contributed by atoms with E-state index in [0.717, 1.165) is 30.2 Å². The molecule has 25 heavy (non-hydrogen) atoms. The second kappa shape index (κ2) is 8.74. The van der Waals surface area contributed by atoms with E-state index in [9.17, 15) is 0 Å². The number of anilines is 2. The molecule has 140 valence electrons. The van der Waals surface area contributed by atoms with Crippen molar-refractivity contribution in [2.45, 2.75) is 25.3 Å². The maximum absolute atomic E-state index is 8.96. The Morgan fingerprint density at radius 1 is 1.12 bits per heavy atom. The van der Waals surface area contributed by atoms with E-state index in [1.54, 1.807) is 0 Å². The molecule has 1 aromatic carbocycles. The number of nitrogens with zero attached hydrogens (tertiary/aromatic N) is 3. The zero-order valence-electron chi connectivity index (χ0n) is 15.4. The van der Waals surface area contributed by atoms with Crippen molar-refractivity contribution >= 4 is 11.4 Å². The molecule has 0 aliphatic carbocycles. The lowest BCUT2D eigenvalue weighted by Gasteiger charge is -2.42. The van der Waals surface area contributed by atoms with Crippen LogP contribution in [-0.2, 0) is 0 Å². The van der Waals surface area contributed by atoms with Gasteiger partial charge in [-0.1, -0.05) is 0 Å². The third-order valence-electron chi connectivity index (χ3n) is 5.40. The van der Waals surface area contributed by atoms with Gasteiger partial charge in [-0.25, -0.2) is 0 Å². The molecule has 3 rings (SSSR count). The van der Waals surface area contributed by atoms with Gasteiger partial charge in [-0.3, -0.25) is 4.90 Å². The lowest BCUT2D eigenvalue weighted by atomic mass is 10.0. The second-order valence-corrected chi connectivity index (χ2v) is 7.21. The predicted octanol–water partition coefficient (Wildman–Crippen LogP) is 1.25. The topological polar surface area (TPSA) is 65.2 Å². The fourth-order valence-corrected chi connectivity index (χ4v) is 3.81. The highest BCUT2D eigenvalue weighted by Crippen LogP contribution is 2.33. The monoisotopic (exact) mass is 348 g/mol. The Balaban J connectivity index is 1.58. The minimum Gasteiger partial charge on any atom is -0.491 e. The smallest absolute Gasteiger partial charge is 0.144 e. The summed E-state index contributed by atoms with van der Waals surface area (Å²) in [6.07, 6.45) is 3.04. The van der Waals surface area contributed by atoms with Crippen LogP contribution in [-0.4, -0.2) is 80.5 Å². The Morgan fingerprint density at radius 2 is 1.84 bits per heavy atom. The van der Waals surface area contributed by atoms with E-state index in [-0.39, 0.29) is 6.61 Å². The van der Waals surface area contributed by atoms with Gasteiger partial charge in [-0.2, -0.15) is 0 Å². The Bertz CT molecular complexity index is 538. The van der Waals surface area contributed by atoms with Crippen LogP contribution in [0.2, 0.25) is 0 Å². The normalized spacial score (nSPS) is 20.8. The molecule has 2 aliphatic heterocycles. The van der Waals surface area contributed by atoms with Gasteiger partial charge in [0.25, 0.3) is 0 Å². The zero-order chi connectivity index (χ0) is 17.6. The molecule has 0 radical (unpaired) electrons. The first-order valence-electron chi connectivity index (χ1n) is 9.48. The van der Waals surface area contributed by atoms with Gasteiger partial charge in [0.2, 0.25) is 0 Å². The van der Waals surface area contributed by atoms with Crippen LogP contribution >= 0.6 is 0 Å². The van der Waals surface area contributed by atoms with Crippen LogP contribution in [0, 0.1) is 0 Å². The third-order valence-corrected chi connectivity index (χ3v) is 5.40. The summed E-state index contributed by atoms with van der Waals surface area (Å²) in [7, 11) is 2.21. The number of nitrogens with two attached hydrogens (primary N) is 1. The van der Waals surface area contributed by atoms with Gasteiger partial charge in [-0.15, -0.1) is 0 Å². The maximum Gasteiger partial charge on any atom is 0.144 e. The largest absolute Gasteiger partial charge is 0.491 e. The summed E-state index contributed by atoms with van der Waals surface area (Å²) >= 11 is 0. The molecule has 2 aliphatic rings. The van der Waals surface area contributed by atoms with Crippen LogP contribution in [0.25, 0.3) is 0 Å². The first-order chi connectivity index (χ1) is 12.2. The zero-order valence-corrected chi connectivity index (χ0v) is 15.4. The molecule has 0 spiro atoms. The highest BCUT2D eigenvalue weighted by atomic mass is 16.5. The lowest BCUT2D eigenvalue weighted by Crippen LogP contribution is -2.52. The van der Waals surface area contributed by atoms with E-state index in [2.05, 4.69) is 27.8 Å². The van der Waals surface area contributed by atoms with Gasteiger partial charge in [0.15, 0.2) is 0 Å². The first-order valence-corrected chi connectivity index (χ1v) is 9.48. The van der Waals surface area contributed by atoms with Crippen LogP contribution in [0.4, 0.5) is 11.4 Å². The van der Waals surface area contributed by atoms with E-state index < -0.39 is 0 Å². The molecule has 6 nitrogen and oxygen atoms in total. The molecule has 0 saturated carbocycles. The molecule has 6 heteroatoms. The summed E-state index contributed by atoms with van der Waals surface area (Å²) < 4.78 is 5.87. The molecule has 2 heterocycles. The van der Waals surface area contributed by atoms with Crippen molar-refractivity contribution in [1.82, 2.24) is 9.80 Å². The van der Waals surface area contributed by atoms with Crippen molar-refractivity contribution < 1.29 is 9.84 Å². The van der Waals surface area contributed by atoms with Crippen LogP contribution in [0.3, 0.4) is 0 Å². The number of piperidine rings is 1. The van der Waals surface area contributed by atoms with Crippen molar-refractivity contribution in [3.8, 4) is 5.75 Å². The number of hydrogen-bond donors (Lipinski definition) is 2. The third kappa shape index (κ3) is 4.77. The van der Waals surface area contributed by atoms with Gasteiger partial charge in [-0.05, 0) is 32.0 Å². The Morgan fingerprint density at radius 3 is 2.52 bits per heavy atom. The average molecular weight is 348 g/mol. The number of aliphatic hydroxyl groups excluding tert-OH is 1. The van der Waals surface area contributed by atoms with E-state index in [1.807, 2.05) is 12.1 Å². The Hall–Kier alpha value is -1.50. The number of likely N-dealkylation sites (N-methyl/N-ethyl adjacent to an activating group) is 1. The molecule has 0 atom stereocenters. The minimum absolute atomic E-state index is 0.147. The minimum atomic E-state index is 0.147. The number of ether oxygens (including phenoxy) is 1. The van der Waals surface area contributed by atoms with Gasteiger partial charge in [0.1, 0.15) is 5.75 Å². The molecule has 3 N–H and O–H groups in total. The van der Waals surface area contributed by atoms with E-state index in [0.29, 0.717) is 19.1 Å². The fraction of sp³-hybridized carbons (Fsp3) is 0.684. The van der Waals surface area contributed by atoms with E-state index in [1.165, 1.54) is 39.0 Å². The summed E-state index contributed by atoms with van der Waals surface area (Å²) in [5, 5.41) is 8.96. The van der Waals surface area contributed by atoms with Crippen molar-refractivity contribution in [2.24, 2.45) is 0 Å². The van der Waals surface area contributed by atoms with E-state index >= 15 is 0 Å². The highest BCUT2D eigenvalue weighted by molar-refractivity contribution is 5.64. The summed E-state index contributed by atoms with van der Waals surface area (Å²) in [5.74, 6) is 0.839. The number of nitrogen functional groups attached to an aromatic ring is 1. The number of benzene rings is 1. The first kappa shape index (κ1) is 18.3.